The number of thioether (sulfide) groups is 1. The molecule has 0 amide bonds. The minimum absolute atomic E-state index is 0.0515. The number of hydrogen-bond acceptors (Lipinski definition) is 3. The molecule has 1 heterocycles. The highest BCUT2D eigenvalue weighted by molar-refractivity contribution is 8.00. The first-order valence-electron chi connectivity index (χ1n) is 3.27. The Morgan fingerprint density at radius 2 is 2.44 bits per heavy atom. The first-order chi connectivity index (χ1) is 4.16. The molecule has 0 spiro atoms. The van der Waals surface area contributed by atoms with E-state index in [0.29, 0.717) is 11.8 Å². The monoisotopic (exact) mass is 146 g/mol. The fraction of sp³-hybridized carbons (Fsp3) is 1.00. The third-order valence-electron chi connectivity index (χ3n) is 1.76. The standard InChI is InChI=1S/C6H14N2S/c1-5-2-6(8,3-7)4-9-5/h5H,2-4,7-8H2,1H3. The molecule has 4 N–H and O–H groups in total. The van der Waals surface area contributed by atoms with Crippen molar-refractivity contribution in [2.75, 3.05) is 12.3 Å². The molecule has 9 heavy (non-hydrogen) atoms. The second-order valence-corrected chi connectivity index (χ2v) is 4.32. The molecule has 1 saturated heterocycles. The Kier molecular flexibility index (Phi) is 2.03. The van der Waals surface area contributed by atoms with Gasteiger partial charge in [-0.15, -0.1) is 0 Å². The van der Waals surface area contributed by atoms with Crippen LogP contribution in [-0.4, -0.2) is 23.1 Å². The maximum atomic E-state index is 5.90. The van der Waals surface area contributed by atoms with Gasteiger partial charge in [-0.3, -0.25) is 0 Å². The van der Waals surface area contributed by atoms with Gasteiger partial charge in [0.2, 0.25) is 0 Å². The lowest BCUT2D eigenvalue weighted by Crippen LogP contribution is -2.47. The first-order valence-corrected chi connectivity index (χ1v) is 4.32. The quantitative estimate of drug-likeness (QED) is 0.554. The average Bonchev–Trinajstić information content (AvgIpc) is 2.13. The largest absolute Gasteiger partial charge is 0.329 e. The van der Waals surface area contributed by atoms with Gasteiger partial charge in [0.05, 0.1) is 0 Å². The van der Waals surface area contributed by atoms with E-state index in [4.69, 9.17) is 11.5 Å². The summed E-state index contributed by atoms with van der Waals surface area (Å²) < 4.78 is 0. The highest BCUT2D eigenvalue weighted by atomic mass is 32.2. The van der Waals surface area contributed by atoms with E-state index in [-0.39, 0.29) is 5.54 Å². The molecule has 0 aromatic rings. The molecule has 54 valence electrons. The molecule has 1 rings (SSSR count). The summed E-state index contributed by atoms with van der Waals surface area (Å²) in [6.07, 6.45) is 1.08. The van der Waals surface area contributed by atoms with Gasteiger partial charge in [-0.05, 0) is 6.42 Å². The fourth-order valence-electron chi connectivity index (χ4n) is 1.14. The van der Waals surface area contributed by atoms with Crippen molar-refractivity contribution < 1.29 is 0 Å². The van der Waals surface area contributed by atoms with Crippen LogP contribution in [0.2, 0.25) is 0 Å². The third kappa shape index (κ3) is 1.60. The van der Waals surface area contributed by atoms with E-state index in [1.165, 1.54) is 0 Å². The molecular formula is C6H14N2S. The van der Waals surface area contributed by atoms with Gasteiger partial charge in [0, 0.05) is 23.1 Å². The normalized spacial score (nSPS) is 43.7. The number of nitrogens with two attached hydrogens (primary N) is 2. The Labute approximate surface area is 60.4 Å². The van der Waals surface area contributed by atoms with Crippen LogP contribution in [0.1, 0.15) is 13.3 Å². The van der Waals surface area contributed by atoms with E-state index in [9.17, 15) is 0 Å². The zero-order valence-electron chi connectivity index (χ0n) is 5.76. The summed E-state index contributed by atoms with van der Waals surface area (Å²) in [4.78, 5) is 0. The van der Waals surface area contributed by atoms with Crippen LogP contribution in [0.25, 0.3) is 0 Å². The summed E-state index contributed by atoms with van der Waals surface area (Å²) in [5.41, 5.74) is 11.3. The molecule has 1 fully saturated rings. The molecule has 2 unspecified atom stereocenters. The third-order valence-corrected chi connectivity index (χ3v) is 3.23. The van der Waals surface area contributed by atoms with Crippen LogP contribution in [0.4, 0.5) is 0 Å². The van der Waals surface area contributed by atoms with Gasteiger partial charge in [0.15, 0.2) is 0 Å². The maximum Gasteiger partial charge on any atom is 0.0380 e. The van der Waals surface area contributed by atoms with E-state index >= 15 is 0 Å². The Bertz CT molecular complexity index is 107. The molecule has 2 atom stereocenters. The Morgan fingerprint density at radius 3 is 2.67 bits per heavy atom. The molecule has 0 saturated carbocycles. The Morgan fingerprint density at radius 1 is 1.78 bits per heavy atom. The van der Waals surface area contributed by atoms with Crippen LogP contribution in [0.5, 0.6) is 0 Å². The van der Waals surface area contributed by atoms with Crippen LogP contribution in [-0.2, 0) is 0 Å². The Balaban J connectivity index is 2.45. The molecule has 0 aliphatic carbocycles. The van der Waals surface area contributed by atoms with Crippen molar-refractivity contribution in [1.82, 2.24) is 0 Å². The van der Waals surface area contributed by atoms with Crippen LogP contribution in [0.15, 0.2) is 0 Å². The smallest absolute Gasteiger partial charge is 0.0380 e. The summed E-state index contributed by atoms with van der Waals surface area (Å²) in [5, 5.41) is 0.707. The highest BCUT2D eigenvalue weighted by Crippen LogP contribution is 2.31. The lowest BCUT2D eigenvalue weighted by Gasteiger charge is -2.19. The van der Waals surface area contributed by atoms with Gasteiger partial charge in [-0.25, -0.2) is 0 Å². The molecule has 3 heteroatoms. The summed E-state index contributed by atoms with van der Waals surface area (Å²) in [6, 6.07) is 0. The van der Waals surface area contributed by atoms with Crippen LogP contribution >= 0.6 is 11.8 Å². The minimum Gasteiger partial charge on any atom is -0.329 e. The second-order valence-electron chi connectivity index (χ2n) is 2.89. The van der Waals surface area contributed by atoms with Crippen molar-refractivity contribution in [3.05, 3.63) is 0 Å². The van der Waals surface area contributed by atoms with Crippen molar-refractivity contribution in [3.63, 3.8) is 0 Å². The van der Waals surface area contributed by atoms with E-state index in [2.05, 4.69) is 6.92 Å². The summed E-state index contributed by atoms with van der Waals surface area (Å²) in [6.45, 7) is 2.83. The summed E-state index contributed by atoms with van der Waals surface area (Å²) >= 11 is 1.92. The topological polar surface area (TPSA) is 52.0 Å². The second kappa shape index (κ2) is 2.48. The van der Waals surface area contributed by atoms with Crippen molar-refractivity contribution in [2.45, 2.75) is 24.1 Å². The van der Waals surface area contributed by atoms with Crippen molar-refractivity contribution in [3.8, 4) is 0 Å². The van der Waals surface area contributed by atoms with E-state index in [1.807, 2.05) is 11.8 Å². The summed E-state index contributed by atoms with van der Waals surface area (Å²) in [5.74, 6) is 1.03. The molecule has 0 radical (unpaired) electrons. The summed E-state index contributed by atoms with van der Waals surface area (Å²) in [7, 11) is 0. The van der Waals surface area contributed by atoms with Gasteiger partial charge in [-0.2, -0.15) is 11.8 Å². The van der Waals surface area contributed by atoms with Crippen molar-refractivity contribution >= 4 is 11.8 Å². The average molecular weight is 146 g/mol. The van der Waals surface area contributed by atoms with Crippen molar-refractivity contribution in [1.29, 1.82) is 0 Å². The molecule has 2 nitrogen and oxygen atoms in total. The van der Waals surface area contributed by atoms with E-state index in [1.54, 1.807) is 0 Å². The Hall–Kier alpha value is 0.270. The number of hydrogen-bond donors (Lipinski definition) is 2. The van der Waals surface area contributed by atoms with Gasteiger partial charge >= 0.3 is 0 Å². The zero-order valence-corrected chi connectivity index (χ0v) is 6.58. The van der Waals surface area contributed by atoms with Crippen LogP contribution in [0, 0.1) is 0 Å². The van der Waals surface area contributed by atoms with Crippen LogP contribution in [0.3, 0.4) is 0 Å². The van der Waals surface area contributed by atoms with Gasteiger partial charge in [0.1, 0.15) is 0 Å². The SMILES string of the molecule is CC1CC(N)(CN)CS1. The molecule has 0 bridgehead atoms. The molecule has 1 aliphatic heterocycles. The number of rotatable bonds is 1. The predicted molar refractivity (Wildman–Crippen MR) is 42.5 cm³/mol. The van der Waals surface area contributed by atoms with E-state index in [0.717, 1.165) is 12.2 Å². The van der Waals surface area contributed by atoms with Crippen LogP contribution < -0.4 is 11.5 Å². The minimum atomic E-state index is -0.0515. The zero-order chi connectivity index (χ0) is 6.91. The van der Waals surface area contributed by atoms with E-state index < -0.39 is 0 Å². The lowest BCUT2D eigenvalue weighted by molar-refractivity contribution is 0.473. The molecular weight excluding hydrogens is 132 g/mol. The maximum absolute atomic E-state index is 5.90. The van der Waals surface area contributed by atoms with Gasteiger partial charge < -0.3 is 11.5 Å². The molecule has 0 aromatic carbocycles. The fourth-order valence-corrected chi connectivity index (χ4v) is 2.44. The predicted octanol–water partition coefficient (Wildman–Crippen LogP) is 0.168. The molecule has 0 aromatic heterocycles. The first kappa shape index (κ1) is 7.38. The van der Waals surface area contributed by atoms with Crippen molar-refractivity contribution in [2.24, 2.45) is 11.5 Å². The van der Waals surface area contributed by atoms with Gasteiger partial charge in [-0.1, -0.05) is 6.92 Å². The lowest BCUT2D eigenvalue weighted by atomic mass is 9.98. The highest BCUT2D eigenvalue weighted by Gasteiger charge is 2.32. The van der Waals surface area contributed by atoms with Gasteiger partial charge in [0.25, 0.3) is 0 Å². The molecule has 1 aliphatic rings.